The highest BCUT2D eigenvalue weighted by molar-refractivity contribution is 5.98. The van der Waals surface area contributed by atoms with Gasteiger partial charge in [0.15, 0.2) is 11.5 Å². The number of halogens is 1. The third-order valence-electron chi connectivity index (χ3n) is 6.39. The number of amides is 2. The highest BCUT2D eigenvalue weighted by atomic mass is 19.1. The van der Waals surface area contributed by atoms with Crippen LogP contribution in [0.2, 0.25) is 0 Å². The smallest absolute Gasteiger partial charge is 0.256 e. The highest BCUT2D eigenvalue weighted by Gasteiger charge is 2.52. The van der Waals surface area contributed by atoms with E-state index in [1.807, 2.05) is 12.1 Å². The van der Waals surface area contributed by atoms with Crippen LogP contribution in [0.3, 0.4) is 0 Å². The average molecular weight is 440 g/mol. The van der Waals surface area contributed by atoms with Crippen LogP contribution in [0.1, 0.15) is 48.0 Å². The largest absolute Gasteiger partial charge is 0.454 e. The molecule has 2 heterocycles. The number of carbonyl (C=O) groups excluding carboxylic acids is 2. The Kier molecular flexibility index (Phi) is 5.46. The number of carbonyl (C=O) groups is 2. The van der Waals surface area contributed by atoms with Crippen LogP contribution >= 0.6 is 0 Å². The minimum Gasteiger partial charge on any atom is -0.454 e. The molecule has 168 valence electrons. The number of benzene rings is 2. The number of hydrogen-bond donors (Lipinski definition) is 1. The number of ether oxygens (including phenoxy) is 3. The first kappa shape index (κ1) is 20.8. The van der Waals surface area contributed by atoms with Crippen LogP contribution in [-0.2, 0) is 16.1 Å². The van der Waals surface area contributed by atoms with Crippen molar-refractivity contribution in [1.82, 2.24) is 10.2 Å². The quantitative estimate of drug-likeness (QED) is 0.789. The van der Waals surface area contributed by atoms with Gasteiger partial charge in [0.1, 0.15) is 17.6 Å². The monoisotopic (exact) mass is 440 g/mol. The normalized spacial score (nSPS) is 21.0. The summed E-state index contributed by atoms with van der Waals surface area (Å²) in [5.41, 5.74) is 0.258. The number of rotatable bonds is 4. The molecule has 2 fully saturated rings. The first-order valence-corrected chi connectivity index (χ1v) is 11.0. The third-order valence-corrected chi connectivity index (χ3v) is 6.39. The van der Waals surface area contributed by atoms with Gasteiger partial charge in [-0.15, -0.1) is 0 Å². The second-order valence-corrected chi connectivity index (χ2v) is 8.42. The van der Waals surface area contributed by atoms with Crippen molar-refractivity contribution in [3.05, 3.63) is 59.4 Å². The lowest BCUT2D eigenvalue weighted by Crippen LogP contribution is -2.56. The van der Waals surface area contributed by atoms with Crippen molar-refractivity contribution in [3.63, 3.8) is 0 Å². The molecule has 32 heavy (non-hydrogen) atoms. The van der Waals surface area contributed by atoms with Gasteiger partial charge in [0.25, 0.3) is 5.91 Å². The summed E-state index contributed by atoms with van der Waals surface area (Å²) < 4.78 is 30.6. The molecule has 2 aromatic carbocycles. The molecule has 1 saturated heterocycles. The number of nitrogens with zero attached hydrogens (tertiary/aromatic N) is 1. The number of fused-ring (bicyclic) bond motifs is 1. The summed E-state index contributed by atoms with van der Waals surface area (Å²) >= 11 is 0. The van der Waals surface area contributed by atoms with Crippen LogP contribution < -0.4 is 14.8 Å². The van der Waals surface area contributed by atoms with Crippen LogP contribution in [-0.4, -0.2) is 41.9 Å². The van der Waals surface area contributed by atoms with E-state index in [0.29, 0.717) is 24.3 Å². The maximum atomic E-state index is 13.8. The Hall–Kier alpha value is -3.13. The van der Waals surface area contributed by atoms with Crippen molar-refractivity contribution in [2.24, 2.45) is 0 Å². The van der Waals surface area contributed by atoms with Gasteiger partial charge in [-0.2, -0.15) is 0 Å². The maximum absolute atomic E-state index is 13.8. The third kappa shape index (κ3) is 3.79. The molecule has 7 nitrogen and oxygen atoms in total. The second kappa shape index (κ2) is 8.43. The van der Waals surface area contributed by atoms with Gasteiger partial charge in [-0.1, -0.05) is 18.6 Å². The molecule has 0 aromatic heterocycles. The first-order valence-electron chi connectivity index (χ1n) is 11.0. The van der Waals surface area contributed by atoms with Gasteiger partial charge >= 0.3 is 0 Å². The molecule has 0 bridgehead atoms. The fourth-order valence-corrected chi connectivity index (χ4v) is 4.79. The Morgan fingerprint density at radius 1 is 1.06 bits per heavy atom. The molecule has 1 spiro atoms. The molecule has 2 aromatic rings. The Morgan fingerprint density at radius 2 is 1.88 bits per heavy atom. The molecule has 1 aliphatic carbocycles. The maximum Gasteiger partial charge on any atom is 0.256 e. The number of nitrogens with one attached hydrogen (secondary N) is 1. The zero-order valence-corrected chi connectivity index (χ0v) is 17.6. The Labute approximate surface area is 185 Å². The molecule has 0 radical (unpaired) electrons. The fourth-order valence-electron chi connectivity index (χ4n) is 4.79. The minimum atomic E-state index is -0.817. The van der Waals surface area contributed by atoms with E-state index in [0.717, 1.165) is 24.8 Å². The summed E-state index contributed by atoms with van der Waals surface area (Å²) in [5.74, 6) is 0.153. The highest BCUT2D eigenvalue weighted by Crippen LogP contribution is 2.41. The summed E-state index contributed by atoms with van der Waals surface area (Å²) in [6.07, 6.45) is 4.23. The molecular formula is C24H25FN2O5. The Balaban J connectivity index is 1.36. The summed E-state index contributed by atoms with van der Waals surface area (Å²) in [7, 11) is 0. The minimum absolute atomic E-state index is 0.119. The van der Waals surface area contributed by atoms with Crippen LogP contribution in [0, 0.1) is 5.82 Å². The average Bonchev–Trinajstić information content (AvgIpc) is 3.42. The van der Waals surface area contributed by atoms with Gasteiger partial charge in [0, 0.05) is 12.1 Å². The predicted octanol–water partition coefficient (Wildman–Crippen LogP) is 3.37. The molecule has 1 saturated carbocycles. The van der Waals surface area contributed by atoms with Crippen LogP contribution in [0.4, 0.5) is 4.39 Å². The predicted molar refractivity (Wildman–Crippen MR) is 113 cm³/mol. The van der Waals surface area contributed by atoms with Crippen molar-refractivity contribution in [2.75, 3.05) is 13.4 Å². The van der Waals surface area contributed by atoms with E-state index in [4.69, 9.17) is 14.2 Å². The van der Waals surface area contributed by atoms with Gasteiger partial charge in [0.05, 0.1) is 6.61 Å². The van der Waals surface area contributed by atoms with Crippen LogP contribution in [0.25, 0.3) is 0 Å². The molecule has 3 aliphatic rings. The zero-order chi connectivity index (χ0) is 22.1. The topological polar surface area (TPSA) is 77.1 Å². The summed E-state index contributed by atoms with van der Waals surface area (Å²) in [5, 5.41) is 2.92. The summed E-state index contributed by atoms with van der Waals surface area (Å²) in [6, 6.07) is 10.3. The molecule has 8 heteroatoms. The lowest BCUT2D eigenvalue weighted by Gasteiger charge is -2.41. The van der Waals surface area contributed by atoms with Gasteiger partial charge in [-0.25, -0.2) is 4.39 Å². The van der Waals surface area contributed by atoms with E-state index in [1.54, 1.807) is 17.0 Å². The second-order valence-electron chi connectivity index (χ2n) is 8.42. The van der Waals surface area contributed by atoms with Crippen molar-refractivity contribution in [1.29, 1.82) is 0 Å². The Morgan fingerprint density at radius 3 is 2.69 bits per heavy atom. The fraction of sp³-hybridized carbons (Fsp3) is 0.417. The van der Waals surface area contributed by atoms with Gasteiger partial charge in [-0.05, 0) is 61.6 Å². The van der Waals surface area contributed by atoms with E-state index < -0.39 is 17.6 Å². The lowest BCUT2D eigenvalue weighted by atomic mass is 9.89. The standard InChI is InChI=1S/C24H25FN2O5/c25-18-6-4-5-17(12-18)23(29)27-19(14-32-24(27)9-2-1-3-10-24)22(28)26-13-16-7-8-20-21(11-16)31-15-30-20/h4-8,11-12,19H,1-3,9-10,13-15H2,(H,26,28). The number of hydrogen-bond acceptors (Lipinski definition) is 5. The SMILES string of the molecule is O=C(NCc1ccc2c(c1)OCO2)C1COC2(CCCCC2)N1C(=O)c1cccc(F)c1. The summed E-state index contributed by atoms with van der Waals surface area (Å²) in [4.78, 5) is 28.2. The zero-order valence-electron chi connectivity index (χ0n) is 17.6. The van der Waals surface area contributed by atoms with Gasteiger partial charge in [-0.3, -0.25) is 14.5 Å². The molecule has 2 aliphatic heterocycles. The van der Waals surface area contributed by atoms with E-state index in [-0.39, 0.29) is 37.3 Å². The van der Waals surface area contributed by atoms with Crippen molar-refractivity contribution in [3.8, 4) is 11.5 Å². The Bertz CT molecular complexity index is 1040. The molecule has 2 amide bonds. The van der Waals surface area contributed by atoms with Crippen LogP contribution in [0.5, 0.6) is 11.5 Å². The first-order chi connectivity index (χ1) is 15.6. The molecule has 1 unspecified atom stereocenters. The molecule has 1 N–H and O–H groups in total. The van der Waals surface area contributed by atoms with E-state index in [9.17, 15) is 14.0 Å². The van der Waals surface area contributed by atoms with Crippen molar-refractivity contribution in [2.45, 2.75) is 50.4 Å². The van der Waals surface area contributed by atoms with Crippen molar-refractivity contribution >= 4 is 11.8 Å². The molecule has 5 rings (SSSR count). The van der Waals surface area contributed by atoms with Crippen LogP contribution in [0.15, 0.2) is 42.5 Å². The lowest BCUT2D eigenvalue weighted by molar-refractivity contribution is -0.127. The molecule has 1 atom stereocenters. The van der Waals surface area contributed by atoms with E-state index in [2.05, 4.69) is 5.32 Å². The van der Waals surface area contributed by atoms with Gasteiger partial charge < -0.3 is 19.5 Å². The van der Waals surface area contributed by atoms with E-state index >= 15 is 0 Å². The molecular weight excluding hydrogens is 415 g/mol. The summed E-state index contributed by atoms with van der Waals surface area (Å²) in [6.45, 7) is 0.582. The van der Waals surface area contributed by atoms with Crippen molar-refractivity contribution < 1.29 is 28.2 Å². The van der Waals surface area contributed by atoms with E-state index in [1.165, 1.54) is 18.2 Å². The van der Waals surface area contributed by atoms with Gasteiger partial charge in [0.2, 0.25) is 12.7 Å².